The Morgan fingerprint density at radius 2 is 1.63 bits per heavy atom. The smallest absolute Gasteiger partial charge is 0.363 e. The van der Waals surface area contributed by atoms with E-state index in [2.05, 4.69) is 4.98 Å². The van der Waals surface area contributed by atoms with Crippen molar-refractivity contribution < 1.29 is 26.3 Å². The molecule has 27 heavy (non-hydrogen) atoms. The fourth-order valence-electron chi connectivity index (χ4n) is 2.94. The van der Waals surface area contributed by atoms with E-state index in [-0.39, 0.29) is 11.3 Å². The van der Waals surface area contributed by atoms with Gasteiger partial charge in [0.2, 0.25) is 0 Å². The fourth-order valence-corrected chi connectivity index (χ4v) is 5.39. The Balaban J connectivity index is 1.94. The average Bonchev–Trinajstić information content (AvgIpc) is 2.70. The van der Waals surface area contributed by atoms with E-state index in [1.54, 1.807) is 10.6 Å². The first kappa shape index (κ1) is 17.7. The van der Waals surface area contributed by atoms with Gasteiger partial charge in [0.15, 0.2) is 3.57 Å². The lowest BCUT2D eigenvalue weighted by atomic mass is 10.2. The molecule has 134 valence electrons. The van der Waals surface area contributed by atoms with E-state index in [1.807, 2.05) is 73.7 Å². The van der Waals surface area contributed by atoms with Crippen molar-refractivity contribution in [1.29, 1.82) is 0 Å². The Morgan fingerprint density at radius 3 is 2.33 bits per heavy atom. The van der Waals surface area contributed by atoms with E-state index >= 15 is 0 Å². The third-order valence-corrected chi connectivity index (χ3v) is 7.10. The van der Waals surface area contributed by atoms with E-state index in [1.165, 1.54) is 0 Å². The number of aromatic nitrogens is 2. The molecule has 0 unspecified atom stereocenters. The van der Waals surface area contributed by atoms with Crippen LogP contribution in [-0.2, 0) is 6.54 Å². The zero-order valence-corrected chi connectivity index (χ0v) is 16.9. The Labute approximate surface area is 167 Å². The molecule has 0 spiro atoms. The summed E-state index contributed by atoms with van der Waals surface area (Å²) < 4.78 is 3.10. The van der Waals surface area contributed by atoms with Crippen molar-refractivity contribution in [2.24, 2.45) is 0 Å². The topological polar surface area (TPSA) is 57.9 Å². The standard InChI is InChI=1S/C22H17IN2O2/c1-15-12-13-18-20(26)19(23-17-10-6-3-7-11-17)22(27)25(21(18)24-15)14-16-8-4-2-5-9-16/h2-13H,14H2,1H3. The Hall–Kier alpha value is -2.67. The lowest BCUT2D eigenvalue weighted by Gasteiger charge is -2.15. The first-order valence-corrected chi connectivity index (χ1v) is 10.7. The van der Waals surface area contributed by atoms with Crippen LogP contribution in [0.2, 0.25) is 0 Å². The molecule has 0 N–H and O–H groups in total. The van der Waals surface area contributed by atoms with Crippen molar-refractivity contribution in [2.75, 3.05) is 0 Å². The summed E-state index contributed by atoms with van der Waals surface area (Å²) in [5.41, 5.74) is 2.04. The minimum atomic E-state index is -0.864. The van der Waals surface area contributed by atoms with Gasteiger partial charge in [-0.05, 0) is 42.5 Å². The fraction of sp³-hybridized carbons (Fsp3) is 0.0909. The van der Waals surface area contributed by atoms with Crippen LogP contribution < -0.4 is 31.9 Å². The van der Waals surface area contributed by atoms with Crippen LogP contribution in [0.3, 0.4) is 0 Å². The molecular weight excluding hydrogens is 451 g/mol. The van der Waals surface area contributed by atoms with Gasteiger partial charge >= 0.3 is 26.8 Å². The van der Waals surface area contributed by atoms with Gasteiger partial charge in [-0.25, -0.2) is 4.98 Å². The molecule has 4 aromatic rings. The van der Waals surface area contributed by atoms with Gasteiger partial charge in [-0.1, -0.05) is 48.5 Å². The molecule has 0 radical (unpaired) electrons. The number of rotatable bonds is 4. The summed E-state index contributed by atoms with van der Waals surface area (Å²) in [7, 11) is 0. The summed E-state index contributed by atoms with van der Waals surface area (Å²) in [4.78, 5) is 17.8. The zero-order chi connectivity index (χ0) is 18.8. The summed E-state index contributed by atoms with van der Waals surface area (Å²) in [6.45, 7) is 2.27. The SMILES string of the molecule is Cc1ccc2c([O-])c([I+]c3ccccc3)c(=O)n(Cc3ccccc3)c2n1. The number of nitrogens with zero attached hydrogens (tertiary/aromatic N) is 2. The third kappa shape index (κ3) is 3.60. The molecule has 0 saturated carbocycles. The monoisotopic (exact) mass is 468 g/mol. The number of benzene rings is 2. The number of hydrogen-bond acceptors (Lipinski definition) is 3. The maximum Gasteiger partial charge on any atom is 0.363 e. The lowest BCUT2D eigenvalue weighted by molar-refractivity contribution is -0.605. The molecular formula is C22H17IN2O2. The molecule has 2 heterocycles. The van der Waals surface area contributed by atoms with Crippen LogP contribution in [0.4, 0.5) is 0 Å². The highest BCUT2D eigenvalue weighted by atomic mass is 127. The normalized spacial score (nSPS) is 11.0. The van der Waals surface area contributed by atoms with E-state index in [0.717, 1.165) is 14.8 Å². The molecule has 0 aliphatic carbocycles. The zero-order valence-electron chi connectivity index (χ0n) is 14.7. The van der Waals surface area contributed by atoms with Crippen molar-refractivity contribution in [1.82, 2.24) is 9.55 Å². The second kappa shape index (κ2) is 7.52. The predicted molar refractivity (Wildman–Crippen MR) is 99.6 cm³/mol. The number of hydrogen-bond donors (Lipinski definition) is 0. The van der Waals surface area contributed by atoms with E-state index < -0.39 is 21.2 Å². The summed E-state index contributed by atoms with van der Waals surface area (Å²) in [5.74, 6) is -0.177. The molecule has 0 amide bonds. The van der Waals surface area contributed by atoms with Crippen LogP contribution in [0.25, 0.3) is 11.0 Å². The van der Waals surface area contributed by atoms with Crippen LogP contribution in [-0.4, -0.2) is 9.55 Å². The van der Waals surface area contributed by atoms with Gasteiger partial charge in [0, 0.05) is 11.1 Å². The van der Waals surface area contributed by atoms with Gasteiger partial charge in [-0.2, -0.15) is 0 Å². The molecule has 0 atom stereocenters. The van der Waals surface area contributed by atoms with Gasteiger partial charge in [-0.15, -0.1) is 0 Å². The quantitative estimate of drug-likeness (QED) is 0.395. The van der Waals surface area contributed by atoms with Crippen LogP contribution in [0.1, 0.15) is 11.3 Å². The van der Waals surface area contributed by atoms with E-state index in [4.69, 9.17) is 0 Å². The average molecular weight is 468 g/mol. The minimum absolute atomic E-state index is 0.177. The van der Waals surface area contributed by atoms with Gasteiger partial charge in [0.05, 0.1) is 6.54 Å². The van der Waals surface area contributed by atoms with Crippen molar-refractivity contribution in [3.8, 4) is 5.75 Å². The number of aryl methyl sites for hydroxylation is 1. The molecule has 0 fully saturated rings. The highest BCUT2D eigenvalue weighted by molar-refractivity contribution is 5.81. The van der Waals surface area contributed by atoms with E-state index in [9.17, 15) is 9.90 Å². The van der Waals surface area contributed by atoms with Crippen molar-refractivity contribution in [3.63, 3.8) is 0 Å². The summed E-state index contributed by atoms with van der Waals surface area (Å²) in [6, 6.07) is 23.2. The molecule has 0 aliphatic heterocycles. The second-order valence-corrected chi connectivity index (χ2v) is 9.10. The van der Waals surface area contributed by atoms with E-state index in [0.29, 0.717) is 21.1 Å². The van der Waals surface area contributed by atoms with Gasteiger partial charge in [0.25, 0.3) is 3.57 Å². The first-order valence-electron chi connectivity index (χ1n) is 8.58. The van der Waals surface area contributed by atoms with Crippen molar-refractivity contribution >= 4 is 11.0 Å². The highest BCUT2D eigenvalue weighted by Gasteiger charge is 2.25. The molecule has 0 bridgehead atoms. The molecule has 0 aliphatic rings. The Morgan fingerprint density at radius 1 is 0.963 bits per heavy atom. The Bertz CT molecular complexity index is 1160. The van der Waals surface area contributed by atoms with Crippen LogP contribution >= 0.6 is 0 Å². The maximum atomic E-state index is 13.3. The third-order valence-electron chi connectivity index (χ3n) is 4.27. The molecule has 4 nitrogen and oxygen atoms in total. The predicted octanol–water partition coefficient (Wildman–Crippen LogP) is -0.0448. The molecule has 2 aromatic carbocycles. The maximum absolute atomic E-state index is 13.3. The number of fused-ring (bicyclic) bond motifs is 1. The number of pyridine rings is 2. The van der Waals surface area contributed by atoms with Gasteiger partial charge < -0.3 is 5.11 Å². The molecule has 2 aromatic heterocycles. The van der Waals surface area contributed by atoms with Gasteiger partial charge in [0.1, 0.15) is 5.65 Å². The summed E-state index contributed by atoms with van der Waals surface area (Å²) in [5, 5.41) is 13.6. The number of halogens is 1. The van der Waals surface area contributed by atoms with Crippen LogP contribution in [0.5, 0.6) is 5.75 Å². The minimum Gasteiger partial charge on any atom is -0.869 e. The summed E-state index contributed by atoms with van der Waals surface area (Å²) >= 11 is -0.864. The second-order valence-electron chi connectivity index (χ2n) is 6.23. The Kier molecular flexibility index (Phi) is 4.94. The molecule has 4 rings (SSSR count). The van der Waals surface area contributed by atoms with Crippen LogP contribution in [0.15, 0.2) is 77.6 Å². The van der Waals surface area contributed by atoms with Crippen LogP contribution in [0, 0.1) is 14.1 Å². The van der Waals surface area contributed by atoms with Crippen molar-refractivity contribution in [3.05, 3.63) is 102 Å². The molecule has 0 saturated heterocycles. The van der Waals surface area contributed by atoms with Crippen molar-refractivity contribution in [2.45, 2.75) is 13.5 Å². The lowest BCUT2D eigenvalue weighted by Crippen LogP contribution is -3.62. The largest absolute Gasteiger partial charge is 0.869 e. The van der Waals surface area contributed by atoms with Gasteiger partial charge in [-0.3, -0.25) is 9.36 Å². The first-order chi connectivity index (χ1) is 13.1. The molecule has 5 heteroatoms. The summed E-state index contributed by atoms with van der Waals surface area (Å²) in [6.07, 6.45) is 0. The highest BCUT2D eigenvalue weighted by Crippen LogP contribution is 2.20.